The summed E-state index contributed by atoms with van der Waals surface area (Å²) in [5, 5.41) is 9.07. The number of carbonyl (C=O) groups is 2. The van der Waals surface area contributed by atoms with E-state index in [0.717, 1.165) is 31.0 Å². The Morgan fingerprint density at radius 1 is 1.19 bits per heavy atom. The van der Waals surface area contributed by atoms with Gasteiger partial charge in [0.15, 0.2) is 5.96 Å². The van der Waals surface area contributed by atoms with Crippen LogP contribution in [0.5, 0.6) is 0 Å². The molecule has 0 bridgehead atoms. The molecule has 1 fully saturated rings. The van der Waals surface area contributed by atoms with Gasteiger partial charge in [-0.1, -0.05) is 12.1 Å². The highest BCUT2D eigenvalue weighted by atomic mass is 127. The Hall–Kier alpha value is -2.04. The number of hydrogen-bond donors (Lipinski definition) is 3. The third kappa shape index (κ3) is 9.32. The maximum atomic E-state index is 12.0. The largest absolute Gasteiger partial charge is 0.444 e. The Balaban J connectivity index is 0.00000480. The van der Waals surface area contributed by atoms with Crippen LogP contribution in [-0.4, -0.2) is 60.7 Å². The molecule has 1 aromatic rings. The molecular weight excluding hydrogens is 509 g/mol. The molecule has 1 unspecified atom stereocenters. The van der Waals surface area contributed by atoms with Gasteiger partial charge in [-0.15, -0.1) is 24.0 Å². The Bertz CT molecular complexity index is 764. The van der Waals surface area contributed by atoms with Crippen LogP contribution in [0.15, 0.2) is 29.3 Å². The number of rotatable bonds is 6. The van der Waals surface area contributed by atoms with E-state index in [1.165, 1.54) is 0 Å². The number of benzene rings is 1. The van der Waals surface area contributed by atoms with Gasteiger partial charge in [-0.25, -0.2) is 9.79 Å². The fraction of sp³-hybridized carbons (Fsp3) is 0.591. The first-order valence-electron chi connectivity index (χ1n) is 10.6. The molecule has 174 valence electrons. The molecule has 1 heterocycles. The fourth-order valence-corrected chi connectivity index (χ4v) is 3.21. The van der Waals surface area contributed by atoms with Crippen LogP contribution >= 0.6 is 24.0 Å². The molecule has 1 aromatic carbocycles. The molecule has 1 aliphatic heterocycles. The maximum Gasteiger partial charge on any atom is 0.407 e. The number of ether oxygens (including phenoxy) is 1. The monoisotopic (exact) mass is 545 g/mol. The van der Waals surface area contributed by atoms with E-state index < -0.39 is 11.7 Å². The lowest BCUT2D eigenvalue weighted by atomic mass is 10.1. The molecule has 9 heteroatoms. The summed E-state index contributed by atoms with van der Waals surface area (Å²) in [6, 6.07) is 7.53. The molecular formula is C22H36IN5O3. The SMILES string of the molecule is CCNC(=O)c1cccc(CN=C(NCC)N2CCC(NC(=O)OC(C)(C)C)C2)c1.I. The summed E-state index contributed by atoms with van der Waals surface area (Å²) < 4.78 is 5.35. The van der Waals surface area contributed by atoms with Crippen molar-refractivity contribution in [1.29, 1.82) is 0 Å². The van der Waals surface area contributed by atoms with Gasteiger partial charge in [-0.3, -0.25) is 4.79 Å². The Kier molecular flexibility index (Phi) is 11.1. The van der Waals surface area contributed by atoms with Gasteiger partial charge in [0.05, 0.1) is 12.6 Å². The molecule has 0 aromatic heterocycles. The van der Waals surface area contributed by atoms with Crippen molar-refractivity contribution < 1.29 is 14.3 Å². The Labute approximate surface area is 202 Å². The third-order valence-corrected chi connectivity index (χ3v) is 4.48. The van der Waals surface area contributed by atoms with Crippen LogP contribution in [0.25, 0.3) is 0 Å². The number of nitrogens with zero attached hydrogens (tertiary/aromatic N) is 2. The van der Waals surface area contributed by atoms with Gasteiger partial charge in [0.2, 0.25) is 0 Å². The zero-order chi connectivity index (χ0) is 22.1. The summed E-state index contributed by atoms with van der Waals surface area (Å²) in [6.07, 6.45) is 0.439. The van der Waals surface area contributed by atoms with Crippen molar-refractivity contribution in [2.24, 2.45) is 4.99 Å². The lowest BCUT2D eigenvalue weighted by molar-refractivity contribution is 0.0507. The first-order valence-corrected chi connectivity index (χ1v) is 10.6. The van der Waals surface area contributed by atoms with Crippen molar-refractivity contribution in [3.8, 4) is 0 Å². The van der Waals surface area contributed by atoms with Crippen LogP contribution < -0.4 is 16.0 Å². The third-order valence-electron chi connectivity index (χ3n) is 4.48. The number of hydrogen-bond acceptors (Lipinski definition) is 4. The van der Waals surface area contributed by atoms with E-state index in [2.05, 4.69) is 20.9 Å². The maximum absolute atomic E-state index is 12.0. The van der Waals surface area contributed by atoms with Crippen molar-refractivity contribution in [3.05, 3.63) is 35.4 Å². The molecule has 3 N–H and O–H groups in total. The number of likely N-dealkylation sites (tertiary alicyclic amines) is 1. The van der Waals surface area contributed by atoms with E-state index in [4.69, 9.17) is 9.73 Å². The molecule has 0 spiro atoms. The summed E-state index contributed by atoms with van der Waals surface area (Å²) in [5.41, 5.74) is 1.09. The normalized spacial score (nSPS) is 16.4. The topological polar surface area (TPSA) is 95.1 Å². The smallest absolute Gasteiger partial charge is 0.407 e. The van der Waals surface area contributed by atoms with Crippen molar-refractivity contribution in [2.75, 3.05) is 26.2 Å². The number of nitrogens with one attached hydrogen (secondary N) is 3. The van der Waals surface area contributed by atoms with Gasteiger partial charge in [0, 0.05) is 31.7 Å². The number of halogens is 1. The summed E-state index contributed by atoms with van der Waals surface area (Å²) in [4.78, 5) is 31.0. The van der Waals surface area contributed by atoms with Crippen LogP contribution in [0.1, 0.15) is 57.0 Å². The van der Waals surface area contributed by atoms with Crippen LogP contribution in [0.2, 0.25) is 0 Å². The molecule has 1 atom stereocenters. The summed E-state index contributed by atoms with van der Waals surface area (Å²) in [5.74, 6) is 0.722. The number of carbonyl (C=O) groups excluding carboxylic acids is 2. The summed E-state index contributed by atoms with van der Waals surface area (Å²) in [7, 11) is 0. The Morgan fingerprint density at radius 3 is 2.55 bits per heavy atom. The minimum atomic E-state index is -0.513. The number of alkyl carbamates (subject to hydrolysis) is 1. The van der Waals surface area contributed by atoms with E-state index >= 15 is 0 Å². The second-order valence-corrected chi connectivity index (χ2v) is 8.31. The second kappa shape index (κ2) is 12.7. The molecule has 8 nitrogen and oxygen atoms in total. The van der Waals surface area contributed by atoms with Crippen LogP contribution in [-0.2, 0) is 11.3 Å². The van der Waals surface area contributed by atoms with Gasteiger partial charge in [0.1, 0.15) is 5.60 Å². The van der Waals surface area contributed by atoms with Crippen LogP contribution in [0.4, 0.5) is 4.79 Å². The molecule has 0 radical (unpaired) electrons. The summed E-state index contributed by atoms with van der Waals surface area (Å²) >= 11 is 0. The highest BCUT2D eigenvalue weighted by Gasteiger charge is 2.27. The van der Waals surface area contributed by atoms with E-state index in [-0.39, 0.29) is 35.9 Å². The highest BCUT2D eigenvalue weighted by molar-refractivity contribution is 14.0. The lowest BCUT2D eigenvalue weighted by Gasteiger charge is -2.23. The van der Waals surface area contributed by atoms with Gasteiger partial charge in [0.25, 0.3) is 5.91 Å². The van der Waals surface area contributed by atoms with Crippen molar-refractivity contribution in [1.82, 2.24) is 20.9 Å². The van der Waals surface area contributed by atoms with Crippen LogP contribution in [0, 0.1) is 0 Å². The average Bonchev–Trinajstić information content (AvgIpc) is 3.12. The lowest BCUT2D eigenvalue weighted by Crippen LogP contribution is -2.44. The molecule has 0 aliphatic carbocycles. The van der Waals surface area contributed by atoms with Crippen molar-refractivity contribution in [2.45, 2.75) is 59.2 Å². The molecule has 0 saturated carbocycles. The van der Waals surface area contributed by atoms with Gasteiger partial charge in [-0.2, -0.15) is 0 Å². The number of guanidine groups is 1. The standard InChI is InChI=1S/C22H35N5O3.HI/c1-6-23-19(28)17-10-8-9-16(13-17)14-25-20(24-7-2)27-12-11-18(15-27)26-21(29)30-22(3,4)5;/h8-10,13,18H,6-7,11-12,14-15H2,1-5H3,(H,23,28)(H,24,25)(H,26,29);1H. The van der Waals surface area contributed by atoms with E-state index in [9.17, 15) is 9.59 Å². The van der Waals surface area contributed by atoms with Crippen LogP contribution in [0.3, 0.4) is 0 Å². The number of aliphatic imine (C=N–C) groups is 1. The van der Waals surface area contributed by atoms with E-state index in [1.807, 2.05) is 52.8 Å². The molecule has 2 rings (SSSR count). The minimum absolute atomic E-state index is 0. The van der Waals surface area contributed by atoms with Gasteiger partial charge in [-0.05, 0) is 58.7 Å². The molecule has 2 amide bonds. The van der Waals surface area contributed by atoms with Crippen molar-refractivity contribution >= 4 is 41.9 Å². The molecule has 31 heavy (non-hydrogen) atoms. The Morgan fingerprint density at radius 2 is 1.90 bits per heavy atom. The quantitative estimate of drug-likeness (QED) is 0.290. The first kappa shape index (κ1) is 27.0. The zero-order valence-corrected chi connectivity index (χ0v) is 21.5. The minimum Gasteiger partial charge on any atom is -0.444 e. The predicted molar refractivity (Wildman–Crippen MR) is 134 cm³/mol. The average molecular weight is 545 g/mol. The molecule has 1 saturated heterocycles. The zero-order valence-electron chi connectivity index (χ0n) is 19.2. The number of amides is 2. The fourth-order valence-electron chi connectivity index (χ4n) is 3.21. The van der Waals surface area contributed by atoms with Gasteiger partial charge < -0.3 is 25.6 Å². The van der Waals surface area contributed by atoms with Gasteiger partial charge >= 0.3 is 6.09 Å². The molecule has 1 aliphatic rings. The predicted octanol–water partition coefficient (Wildman–Crippen LogP) is 3.12. The van der Waals surface area contributed by atoms with E-state index in [1.54, 1.807) is 6.07 Å². The van der Waals surface area contributed by atoms with Crippen molar-refractivity contribution in [3.63, 3.8) is 0 Å². The second-order valence-electron chi connectivity index (χ2n) is 8.31. The first-order chi connectivity index (χ1) is 14.2. The summed E-state index contributed by atoms with van der Waals surface area (Å²) in [6.45, 7) is 12.8. The highest BCUT2D eigenvalue weighted by Crippen LogP contribution is 2.13. The van der Waals surface area contributed by atoms with E-state index in [0.29, 0.717) is 25.2 Å².